The van der Waals surface area contributed by atoms with Gasteiger partial charge in [0.2, 0.25) is 0 Å². The first kappa shape index (κ1) is 12.1. The molecular weight excluding hydrogens is 256 g/mol. The molecule has 0 amide bonds. The van der Waals surface area contributed by atoms with Gasteiger partial charge in [0.05, 0.1) is 28.5 Å². The van der Waals surface area contributed by atoms with Crippen LogP contribution in [0.25, 0.3) is 21.3 Å². The Kier molecular flexibility index (Phi) is 3.42. The summed E-state index contributed by atoms with van der Waals surface area (Å²) in [6.45, 7) is 2.81. The van der Waals surface area contributed by atoms with Crippen LogP contribution in [-0.4, -0.2) is 16.6 Å². The minimum Gasteiger partial charge on any atom is -0.492 e. The van der Waals surface area contributed by atoms with Gasteiger partial charge in [0.25, 0.3) is 0 Å². The van der Waals surface area contributed by atoms with Gasteiger partial charge >= 0.3 is 0 Å². The molecule has 19 heavy (non-hydrogen) atoms. The highest BCUT2D eigenvalue weighted by Crippen LogP contribution is 2.32. The highest BCUT2D eigenvalue weighted by atomic mass is 32.1. The van der Waals surface area contributed by atoms with Crippen molar-refractivity contribution in [3.63, 3.8) is 0 Å². The Hall–Kier alpha value is -1.94. The van der Waals surface area contributed by atoms with Gasteiger partial charge in [-0.25, -0.2) is 4.98 Å². The van der Waals surface area contributed by atoms with Crippen LogP contribution in [0.2, 0.25) is 0 Å². The fraction of sp³-hybridized carbons (Fsp3) is 0.200. The number of nitrogens with zero attached hydrogens (tertiary/aromatic N) is 2. The first-order valence-electron chi connectivity index (χ1n) is 6.29. The minimum atomic E-state index is 0.718. The zero-order chi connectivity index (χ0) is 13.1. The maximum absolute atomic E-state index is 5.64. The third-order valence-corrected chi connectivity index (χ3v) is 3.73. The largest absolute Gasteiger partial charge is 0.492 e. The van der Waals surface area contributed by atoms with Gasteiger partial charge in [0.1, 0.15) is 5.75 Å². The number of fused-ring (bicyclic) bond motifs is 1. The van der Waals surface area contributed by atoms with Crippen LogP contribution in [0, 0.1) is 0 Å². The van der Waals surface area contributed by atoms with E-state index in [1.54, 1.807) is 17.5 Å². The average molecular weight is 270 g/mol. The molecule has 0 bridgehead atoms. The second-order valence-electron chi connectivity index (χ2n) is 4.26. The monoisotopic (exact) mass is 270 g/mol. The van der Waals surface area contributed by atoms with Gasteiger partial charge in [-0.2, -0.15) is 0 Å². The molecule has 0 spiro atoms. The molecule has 0 atom stereocenters. The van der Waals surface area contributed by atoms with Crippen LogP contribution in [0.1, 0.15) is 13.3 Å². The van der Waals surface area contributed by atoms with Crippen LogP contribution in [0.5, 0.6) is 5.75 Å². The SMILES string of the molecule is CCCOc1cncc(-c2cccc3ncsc23)c1. The molecule has 0 aliphatic rings. The first-order valence-corrected chi connectivity index (χ1v) is 7.17. The molecule has 0 aliphatic heterocycles. The summed E-state index contributed by atoms with van der Waals surface area (Å²) < 4.78 is 6.83. The molecule has 3 rings (SSSR count). The lowest BCUT2D eigenvalue weighted by Crippen LogP contribution is -1.95. The van der Waals surface area contributed by atoms with E-state index in [1.807, 2.05) is 29.9 Å². The van der Waals surface area contributed by atoms with E-state index in [1.165, 1.54) is 4.70 Å². The minimum absolute atomic E-state index is 0.718. The predicted octanol–water partition coefficient (Wildman–Crippen LogP) is 4.15. The molecule has 3 nitrogen and oxygen atoms in total. The molecule has 0 saturated heterocycles. The Morgan fingerprint density at radius 1 is 1.26 bits per heavy atom. The number of ether oxygens (including phenoxy) is 1. The molecule has 4 heteroatoms. The second-order valence-corrected chi connectivity index (χ2v) is 5.12. The number of hydrogen-bond donors (Lipinski definition) is 0. The van der Waals surface area contributed by atoms with E-state index in [0.29, 0.717) is 0 Å². The van der Waals surface area contributed by atoms with E-state index in [9.17, 15) is 0 Å². The van der Waals surface area contributed by atoms with Crippen LogP contribution in [0.4, 0.5) is 0 Å². The molecule has 96 valence electrons. The van der Waals surface area contributed by atoms with E-state index in [-0.39, 0.29) is 0 Å². The van der Waals surface area contributed by atoms with Gasteiger partial charge in [-0.1, -0.05) is 19.1 Å². The standard InChI is InChI=1S/C15H14N2OS/c1-2-6-18-12-7-11(8-16-9-12)13-4-3-5-14-15(13)19-10-17-14/h3-5,7-10H,2,6H2,1H3. The Morgan fingerprint density at radius 2 is 2.21 bits per heavy atom. The van der Waals surface area contributed by atoms with Crippen LogP contribution in [0.3, 0.4) is 0 Å². The van der Waals surface area contributed by atoms with Crippen molar-refractivity contribution in [2.75, 3.05) is 6.61 Å². The maximum Gasteiger partial charge on any atom is 0.138 e. The topological polar surface area (TPSA) is 35.0 Å². The van der Waals surface area contributed by atoms with Crippen LogP contribution in [0.15, 0.2) is 42.2 Å². The lowest BCUT2D eigenvalue weighted by atomic mass is 10.1. The summed E-state index contributed by atoms with van der Waals surface area (Å²) in [6.07, 6.45) is 4.62. The van der Waals surface area contributed by atoms with Gasteiger partial charge in [-0.05, 0) is 18.6 Å². The van der Waals surface area contributed by atoms with E-state index in [2.05, 4.69) is 23.0 Å². The third kappa shape index (κ3) is 2.44. The molecule has 0 saturated carbocycles. The summed E-state index contributed by atoms with van der Waals surface area (Å²) in [5, 5.41) is 0. The van der Waals surface area contributed by atoms with Crippen molar-refractivity contribution in [2.24, 2.45) is 0 Å². The summed E-state index contributed by atoms with van der Waals surface area (Å²) in [4.78, 5) is 8.61. The first-order chi connectivity index (χ1) is 9.38. The van der Waals surface area contributed by atoms with Crippen molar-refractivity contribution in [1.82, 2.24) is 9.97 Å². The Bertz CT molecular complexity index is 693. The molecule has 1 aromatic carbocycles. The van der Waals surface area contributed by atoms with Gasteiger partial charge in [0.15, 0.2) is 0 Å². The fourth-order valence-electron chi connectivity index (χ4n) is 1.98. The molecule has 0 aliphatic carbocycles. The molecule has 3 aromatic rings. The fourth-order valence-corrected chi connectivity index (χ4v) is 2.80. The third-order valence-electron chi connectivity index (χ3n) is 2.85. The average Bonchev–Trinajstić information content (AvgIpc) is 2.93. The Labute approximate surface area is 115 Å². The van der Waals surface area contributed by atoms with Gasteiger partial charge < -0.3 is 4.74 Å². The molecule has 2 heterocycles. The van der Waals surface area contributed by atoms with Crippen molar-refractivity contribution in [3.8, 4) is 16.9 Å². The van der Waals surface area contributed by atoms with E-state index in [4.69, 9.17) is 4.74 Å². The zero-order valence-electron chi connectivity index (χ0n) is 10.7. The highest BCUT2D eigenvalue weighted by molar-refractivity contribution is 7.17. The molecule has 0 radical (unpaired) electrons. The van der Waals surface area contributed by atoms with Crippen LogP contribution >= 0.6 is 11.3 Å². The van der Waals surface area contributed by atoms with E-state index >= 15 is 0 Å². The number of hydrogen-bond acceptors (Lipinski definition) is 4. The van der Waals surface area contributed by atoms with Crippen LogP contribution < -0.4 is 4.74 Å². The number of thiazole rings is 1. The summed E-state index contributed by atoms with van der Waals surface area (Å²) in [7, 11) is 0. The van der Waals surface area contributed by atoms with Gasteiger partial charge in [0, 0.05) is 17.3 Å². The zero-order valence-corrected chi connectivity index (χ0v) is 11.5. The van der Waals surface area contributed by atoms with Crippen molar-refractivity contribution in [1.29, 1.82) is 0 Å². The van der Waals surface area contributed by atoms with Crippen molar-refractivity contribution >= 4 is 21.6 Å². The van der Waals surface area contributed by atoms with E-state index < -0.39 is 0 Å². The number of benzene rings is 1. The molecular formula is C15H14N2OS. The molecule has 2 aromatic heterocycles. The summed E-state index contributed by atoms with van der Waals surface area (Å²) >= 11 is 1.65. The Balaban J connectivity index is 2.03. The van der Waals surface area contributed by atoms with Crippen molar-refractivity contribution in [2.45, 2.75) is 13.3 Å². The maximum atomic E-state index is 5.64. The van der Waals surface area contributed by atoms with Crippen molar-refractivity contribution in [3.05, 3.63) is 42.2 Å². The summed E-state index contributed by atoms with van der Waals surface area (Å²) in [6, 6.07) is 8.19. The van der Waals surface area contributed by atoms with Crippen LogP contribution in [-0.2, 0) is 0 Å². The molecule has 0 N–H and O–H groups in total. The number of rotatable bonds is 4. The Morgan fingerprint density at radius 3 is 3.11 bits per heavy atom. The lowest BCUT2D eigenvalue weighted by molar-refractivity contribution is 0.316. The van der Waals surface area contributed by atoms with Gasteiger partial charge in [-0.3, -0.25) is 4.98 Å². The normalized spacial score (nSPS) is 10.8. The summed E-state index contributed by atoms with van der Waals surface area (Å²) in [5.41, 5.74) is 5.14. The number of aromatic nitrogens is 2. The van der Waals surface area contributed by atoms with Crippen molar-refractivity contribution < 1.29 is 4.74 Å². The predicted molar refractivity (Wildman–Crippen MR) is 78.6 cm³/mol. The molecule has 0 unspecified atom stereocenters. The quantitative estimate of drug-likeness (QED) is 0.714. The summed E-state index contributed by atoms with van der Waals surface area (Å²) in [5.74, 6) is 0.820. The highest BCUT2D eigenvalue weighted by Gasteiger charge is 2.07. The molecule has 0 fully saturated rings. The van der Waals surface area contributed by atoms with E-state index in [0.717, 1.165) is 35.4 Å². The van der Waals surface area contributed by atoms with Gasteiger partial charge in [-0.15, -0.1) is 11.3 Å². The second kappa shape index (κ2) is 5.36. The number of pyridine rings is 1. The lowest BCUT2D eigenvalue weighted by Gasteiger charge is -2.07. The smallest absolute Gasteiger partial charge is 0.138 e.